The lowest BCUT2D eigenvalue weighted by molar-refractivity contribution is -0.143. The van der Waals surface area contributed by atoms with Crippen LogP contribution in [0.25, 0.3) is 5.69 Å². The second-order valence-corrected chi connectivity index (χ2v) is 4.01. The number of carboxylic acids is 1. The zero-order chi connectivity index (χ0) is 15.8. The third-order valence-electron chi connectivity index (χ3n) is 2.66. The van der Waals surface area contributed by atoms with Gasteiger partial charge in [-0.15, -0.1) is 5.10 Å². The van der Waals surface area contributed by atoms with Crippen molar-refractivity contribution in [2.45, 2.75) is 12.7 Å². The molecule has 1 heterocycles. The van der Waals surface area contributed by atoms with E-state index in [0.717, 1.165) is 18.2 Å². The van der Waals surface area contributed by atoms with Gasteiger partial charge in [-0.2, -0.15) is 13.2 Å². The van der Waals surface area contributed by atoms with E-state index in [1.54, 1.807) is 0 Å². The highest BCUT2D eigenvalue weighted by atomic mass is 19.4. The Morgan fingerprint density at radius 2 is 2.05 bits per heavy atom. The molecule has 4 N–H and O–H groups in total. The molecule has 10 heteroatoms. The highest BCUT2D eigenvalue weighted by Crippen LogP contribution is 2.33. The number of rotatable bonds is 3. The van der Waals surface area contributed by atoms with Crippen LogP contribution in [0.1, 0.15) is 21.7 Å². The molecular formula is C11H9F3N4O3. The summed E-state index contributed by atoms with van der Waals surface area (Å²) < 4.78 is 39.5. The van der Waals surface area contributed by atoms with Crippen molar-refractivity contribution in [3.63, 3.8) is 0 Å². The molecule has 7 nitrogen and oxygen atoms in total. The third-order valence-corrected chi connectivity index (χ3v) is 2.66. The smallest absolute Gasteiger partial charge is 0.435 e. The first-order chi connectivity index (χ1) is 9.75. The topological polar surface area (TPSA) is 114 Å². The summed E-state index contributed by atoms with van der Waals surface area (Å²) in [7, 11) is 0. The minimum Gasteiger partial charge on any atom is -0.507 e. The Balaban J connectivity index is 2.66. The Morgan fingerprint density at radius 3 is 2.57 bits per heavy atom. The average molecular weight is 302 g/mol. The molecule has 0 aliphatic carbocycles. The van der Waals surface area contributed by atoms with Crippen molar-refractivity contribution >= 4 is 5.97 Å². The lowest BCUT2D eigenvalue weighted by Crippen LogP contribution is -2.17. The maximum Gasteiger partial charge on any atom is 0.435 e. The van der Waals surface area contributed by atoms with E-state index in [9.17, 15) is 23.1 Å². The predicted molar refractivity (Wildman–Crippen MR) is 62.9 cm³/mol. The summed E-state index contributed by atoms with van der Waals surface area (Å²) in [5.74, 6) is -2.05. The summed E-state index contributed by atoms with van der Waals surface area (Å²) >= 11 is 0. The molecule has 0 saturated heterocycles. The molecule has 0 bridgehead atoms. The van der Waals surface area contributed by atoms with Crippen LogP contribution in [-0.4, -0.2) is 31.2 Å². The molecule has 0 spiro atoms. The molecule has 1 aromatic heterocycles. The van der Waals surface area contributed by atoms with Crippen molar-refractivity contribution in [3.05, 3.63) is 35.2 Å². The zero-order valence-corrected chi connectivity index (χ0v) is 10.3. The standard InChI is InChI=1S/C11H9F3N4O3/c12-11(13,14)9-7(4-15)16-17-18(9)5-1-2-8(19)6(3-5)10(20)21/h1-3,19H,4,15H2,(H,20,21). The highest BCUT2D eigenvalue weighted by Gasteiger charge is 2.39. The maximum atomic E-state index is 13.0. The first kappa shape index (κ1) is 14.8. The number of aromatic nitrogens is 3. The Labute approximate surface area is 115 Å². The molecule has 0 saturated carbocycles. The fraction of sp³-hybridized carbons (Fsp3) is 0.182. The molecule has 0 amide bonds. The minimum atomic E-state index is -4.76. The molecular weight excluding hydrogens is 293 g/mol. The van der Waals surface area contributed by atoms with Crippen LogP contribution < -0.4 is 5.73 Å². The molecule has 2 aromatic rings. The molecule has 2 rings (SSSR count). The predicted octanol–water partition coefficient (Wildman–Crippen LogP) is 1.15. The van der Waals surface area contributed by atoms with Crippen molar-refractivity contribution in [1.82, 2.24) is 15.0 Å². The molecule has 112 valence electrons. The summed E-state index contributed by atoms with van der Waals surface area (Å²) in [6, 6.07) is 2.91. The summed E-state index contributed by atoms with van der Waals surface area (Å²) in [6.45, 7) is -0.473. The number of aromatic carboxylic acids is 1. The molecule has 0 aliphatic rings. The van der Waals surface area contributed by atoms with Gasteiger partial charge in [0.2, 0.25) is 0 Å². The normalized spacial score (nSPS) is 11.6. The van der Waals surface area contributed by atoms with Crippen molar-refractivity contribution < 1.29 is 28.2 Å². The fourth-order valence-corrected chi connectivity index (χ4v) is 1.74. The van der Waals surface area contributed by atoms with E-state index in [1.165, 1.54) is 0 Å². The van der Waals surface area contributed by atoms with Crippen molar-refractivity contribution in [2.75, 3.05) is 0 Å². The molecule has 21 heavy (non-hydrogen) atoms. The SMILES string of the molecule is NCc1nnn(-c2ccc(O)c(C(=O)O)c2)c1C(F)(F)F. The number of phenols is 1. The molecule has 0 atom stereocenters. The average Bonchev–Trinajstić information content (AvgIpc) is 2.82. The second-order valence-electron chi connectivity index (χ2n) is 4.01. The van der Waals surface area contributed by atoms with E-state index in [4.69, 9.17) is 10.8 Å². The van der Waals surface area contributed by atoms with Gasteiger partial charge in [-0.25, -0.2) is 9.48 Å². The number of alkyl halides is 3. The van der Waals surface area contributed by atoms with Gasteiger partial charge in [0.1, 0.15) is 17.0 Å². The number of benzene rings is 1. The number of halogens is 3. The van der Waals surface area contributed by atoms with Gasteiger partial charge in [0.25, 0.3) is 0 Å². The Bertz CT molecular complexity index is 697. The van der Waals surface area contributed by atoms with Gasteiger partial charge in [0.15, 0.2) is 5.69 Å². The Morgan fingerprint density at radius 1 is 1.38 bits per heavy atom. The molecule has 0 radical (unpaired) electrons. The number of nitrogens with zero attached hydrogens (tertiary/aromatic N) is 3. The van der Waals surface area contributed by atoms with Gasteiger partial charge in [0.05, 0.1) is 5.69 Å². The number of nitrogens with two attached hydrogens (primary N) is 1. The van der Waals surface area contributed by atoms with E-state index in [2.05, 4.69) is 10.3 Å². The third kappa shape index (κ3) is 2.65. The van der Waals surface area contributed by atoms with Gasteiger partial charge in [0, 0.05) is 6.54 Å². The first-order valence-corrected chi connectivity index (χ1v) is 5.54. The molecule has 0 fully saturated rings. The highest BCUT2D eigenvalue weighted by molar-refractivity contribution is 5.91. The second kappa shape index (κ2) is 5.05. The summed E-state index contributed by atoms with van der Waals surface area (Å²) in [5, 5.41) is 24.9. The van der Waals surface area contributed by atoms with Crippen LogP contribution in [0.5, 0.6) is 5.75 Å². The quantitative estimate of drug-likeness (QED) is 0.783. The lowest BCUT2D eigenvalue weighted by Gasteiger charge is -2.11. The zero-order valence-electron chi connectivity index (χ0n) is 10.3. The number of aromatic hydroxyl groups is 1. The van der Waals surface area contributed by atoms with Crippen LogP contribution in [0.15, 0.2) is 18.2 Å². The fourth-order valence-electron chi connectivity index (χ4n) is 1.74. The van der Waals surface area contributed by atoms with E-state index in [0.29, 0.717) is 4.68 Å². The number of carboxylic acid groups (broad SMARTS) is 1. The van der Waals surface area contributed by atoms with E-state index in [-0.39, 0.29) is 5.69 Å². The maximum absolute atomic E-state index is 13.0. The van der Waals surface area contributed by atoms with E-state index >= 15 is 0 Å². The van der Waals surface area contributed by atoms with Gasteiger partial charge in [-0.05, 0) is 18.2 Å². The molecule has 0 aliphatic heterocycles. The lowest BCUT2D eigenvalue weighted by atomic mass is 10.1. The van der Waals surface area contributed by atoms with Crippen molar-refractivity contribution in [3.8, 4) is 11.4 Å². The number of hydrogen-bond acceptors (Lipinski definition) is 5. The summed E-state index contributed by atoms with van der Waals surface area (Å²) in [4.78, 5) is 10.9. The minimum absolute atomic E-state index is 0.204. The van der Waals surface area contributed by atoms with Crippen LogP contribution in [-0.2, 0) is 12.7 Å². The van der Waals surface area contributed by atoms with Crippen LogP contribution in [0, 0.1) is 0 Å². The van der Waals surface area contributed by atoms with Crippen molar-refractivity contribution in [1.29, 1.82) is 0 Å². The summed E-state index contributed by atoms with van der Waals surface area (Å²) in [5.41, 5.74) is 2.78. The number of carbonyl (C=O) groups is 1. The Kier molecular flexibility index (Phi) is 3.56. The molecule has 0 unspecified atom stereocenters. The van der Waals surface area contributed by atoms with Gasteiger partial charge >= 0.3 is 12.1 Å². The van der Waals surface area contributed by atoms with E-state index in [1.807, 2.05) is 0 Å². The summed E-state index contributed by atoms with van der Waals surface area (Å²) in [6.07, 6.45) is -4.76. The van der Waals surface area contributed by atoms with Crippen LogP contribution in [0.3, 0.4) is 0 Å². The first-order valence-electron chi connectivity index (χ1n) is 5.54. The van der Waals surface area contributed by atoms with Gasteiger partial charge < -0.3 is 15.9 Å². The Hall–Kier alpha value is -2.62. The molecule has 1 aromatic carbocycles. The van der Waals surface area contributed by atoms with Crippen LogP contribution >= 0.6 is 0 Å². The van der Waals surface area contributed by atoms with E-state index < -0.39 is 41.4 Å². The van der Waals surface area contributed by atoms with Gasteiger partial charge in [-0.1, -0.05) is 5.21 Å². The monoisotopic (exact) mass is 302 g/mol. The van der Waals surface area contributed by atoms with Crippen molar-refractivity contribution in [2.24, 2.45) is 5.73 Å². The number of hydrogen-bond donors (Lipinski definition) is 3. The largest absolute Gasteiger partial charge is 0.507 e. The van der Waals surface area contributed by atoms with Crippen LogP contribution in [0.2, 0.25) is 0 Å². The van der Waals surface area contributed by atoms with Crippen LogP contribution in [0.4, 0.5) is 13.2 Å². The van der Waals surface area contributed by atoms with Gasteiger partial charge in [-0.3, -0.25) is 0 Å².